The van der Waals surface area contributed by atoms with E-state index in [0.717, 1.165) is 28.2 Å². The molecule has 3 rings (SSSR count). The largest absolute Gasteiger partial charge is 0.497 e. The summed E-state index contributed by atoms with van der Waals surface area (Å²) in [6.45, 7) is 0. The van der Waals surface area contributed by atoms with Crippen molar-refractivity contribution in [2.24, 2.45) is 0 Å². The third kappa shape index (κ3) is 5.09. The average Bonchev–Trinajstić information content (AvgIpc) is 2.85. The van der Waals surface area contributed by atoms with Gasteiger partial charge in [-0.3, -0.25) is 4.79 Å². The van der Waals surface area contributed by atoms with Crippen LogP contribution >= 0.6 is 11.8 Å². The average molecular weight is 452 g/mol. The van der Waals surface area contributed by atoms with Gasteiger partial charge in [0.25, 0.3) is 0 Å². The lowest BCUT2D eigenvalue weighted by molar-refractivity contribution is -0.139. The lowest BCUT2D eigenvalue weighted by atomic mass is 9.84. The van der Waals surface area contributed by atoms with Crippen LogP contribution in [0.3, 0.4) is 0 Å². The normalized spacial score (nSPS) is 12.2. The Kier molecular flexibility index (Phi) is 8.20. The minimum Gasteiger partial charge on any atom is -0.497 e. The molecule has 168 valence electrons. The molecule has 0 fully saturated rings. The molecule has 0 aliphatic rings. The van der Waals surface area contributed by atoms with Gasteiger partial charge in [-0.25, -0.2) is 0 Å². The highest BCUT2D eigenvalue weighted by atomic mass is 32.2. The number of carboxylic acids is 1. The Morgan fingerprint density at radius 3 is 1.75 bits per heavy atom. The molecule has 0 aromatic heterocycles. The number of ether oxygens (including phenoxy) is 2. The highest BCUT2D eigenvalue weighted by molar-refractivity contribution is 8.00. The van der Waals surface area contributed by atoms with Gasteiger partial charge in [0.1, 0.15) is 17.5 Å². The maximum atomic E-state index is 11.5. The van der Waals surface area contributed by atoms with Crippen LogP contribution in [0.4, 0.5) is 0 Å². The van der Waals surface area contributed by atoms with E-state index < -0.39 is 16.8 Å². The number of hydrogen-bond acceptors (Lipinski definition) is 5. The third-order valence-corrected chi connectivity index (χ3v) is 7.13. The Morgan fingerprint density at radius 2 is 1.34 bits per heavy atom. The lowest BCUT2D eigenvalue weighted by Crippen LogP contribution is -2.35. The number of benzene rings is 3. The van der Waals surface area contributed by atoms with Crippen molar-refractivity contribution in [2.45, 2.75) is 17.2 Å². The molecule has 0 bridgehead atoms. The van der Waals surface area contributed by atoms with Crippen LogP contribution in [0.25, 0.3) is 0 Å². The van der Waals surface area contributed by atoms with Gasteiger partial charge in [0.15, 0.2) is 0 Å². The van der Waals surface area contributed by atoms with Crippen LogP contribution in [-0.2, 0) is 9.54 Å². The first kappa shape index (κ1) is 23.7. The lowest BCUT2D eigenvalue weighted by Gasteiger charge is -2.36. The standard InChI is InChI=1S/C26H29NO4S/c1-27-24(25(28)29)17-18-32-26(19-7-5-4-6-8-19,20-9-13-22(30-2)14-10-20)21-11-15-23(31-3)16-12-21/h4-16,24,27H,17-18H2,1-3H3,(H,28,29)/t24-/m1/s1. The predicted molar refractivity (Wildman–Crippen MR) is 130 cm³/mol. The second-order valence-corrected chi connectivity index (χ2v) is 8.63. The minimum atomic E-state index is -0.840. The Morgan fingerprint density at radius 1 is 0.875 bits per heavy atom. The highest BCUT2D eigenvalue weighted by Gasteiger charge is 2.37. The molecule has 0 amide bonds. The van der Waals surface area contributed by atoms with E-state index in [1.165, 1.54) is 0 Å². The molecule has 5 nitrogen and oxygen atoms in total. The first-order chi connectivity index (χ1) is 15.5. The number of carboxylic acid groups (broad SMARTS) is 1. The summed E-state index contributed by atoms with van der Waals surface area (Å²) in [7, 11) is 4.99. The van der Waals surface area contributed by atoms with Gasteiger partial charge in [0, 0.05) is 0 Å². The first-order valence-corrected chi connectivity index (χ1v) is 11.4. The molecule has 0 aliphatic heterocycles. The number of nitrogens with one attached hydrogen (secondary N) is 1. The van der Waals surface area contributed by atoms with E-state index in [-0.39, 0.29) is 0 Å². The second kappa shape index (κ2) is 11.1. The van der Waals surface area contributed by atoms with Gasteiger partial charge < -0.3 is 19.9 Å². The topological polar surface area (TPSA) is 67.8 Å². The third-order valence-electron chi connectivity index (χ3n) is 5.55. The van der Waals surface area contributed by atoms with Gasteiger partial charge in [-0.05, 0) is 60.2 Å². The molecule has 0 unspecified atom stereocenters. The van der Waals surface area contributed by atoms with Crippen LogP contribution in [0.5, 0.6) is 11.5 Å². The Hall–Kier alpha value is -2.96. The van der Waals surface area contributed by atoms with Gasteiger partial charge in [0.05, 0.1) is 19.0 Å². The summed E-state index contributed by atoms with van der Waals surface area (Å²) in [4.78, 5) is 11.5. The van der Waals surface area contributed by atoms with Gasteiger partial charge >= 0.3 is 5.97 Å². The number of likely N-dealkylation sites (N-methyl/N-ethyl adjacent to an activating group) is 1. The second-order valence-electron chi connectivity index (χ2n) is 7.32. The summed E-state index contributed by atoms with van der Waals surface area (Å²) in [5, 5.41) is 12.4. The maximum absolute atomic E-state index is 11.5. The Bertz CT molecular complexity index is 943. The van der Waals surface area contributed by atoms with Crippen LogP contribution in [0.1, 0.15) is 23.1 Å². The Labute approximate surface area is 193 Å². The predicted octanol–water partition coefficient (Wildman–Crippen LogP) is 4.79. The van der Waals surface area contributed by atoms with Gasteiger partial charge in [-0.2, -0.15) is 0 Å². The number of thioether (sulfide) groups is 1. The summed E-state index contributed by atoms with van der Waals surface area (Å²) >= 11 is 1.73. The summed E-state index contributed by atoms with van der Waals surface area (Å²) < 4.78 is 10.2. The zero-order valence-electron chi connectivity index (χ0n) is 18.6. The molecular formula is C26H29NO4S. The number of methoxy groups -OCH3 is 2. The minimum absolute atomic E-state index is 0.497. The summed E-state index contributed by atoms with van der Waals surface area (Å²) in [5.41, 5.74) is 3.31. The molecular weight excluding hydrogens is 422 g/mol. The van der Waals surface area contributed by atoms with E-state index in [0.29, 0.717) is 12.2 Å². The van der Waals surface area contributed by atoms with Crippen molar-refractivity contribution >= 4 is 17.7 Å². The summed E-state index contributed by atoms with van der Waals surface area (Å²) in [5.74, 6) is 1.38. The molecule has 0 radical (unpaired) electrons. The molecule has 6 heteroatoms. The van der Waals surface area contributed by atoms with E-state index in [1.54, 1.807) is 33.0 Å². The van der Waals surface area contributed by atoms with E-state index >= 15 is 0 Å². The van der Waals surface area contributed by atoms with Crippen molar-refractivity contribution in [3.8, 4) is 11.5 Å². The van der Waals surface area contributed by atoms with Crippen LogP contribution in [0.15, 0.2) is 78.9 Å². The van der Waals surface area contributed by atoms with Crippen molar-refractivity contribution in [1.29, 1.82) is 0 Å². The van der Waals surface area contributed by atoms with Crippen molar-refractivity contribution in [1.82, 2.24) is 5.32 Å². The molecule has 32 heavy (non-hydrogen) atoms. The van der Waals surface area contributed by atoms with Crippen molar-refractivity contribution < 1.29 is 19.4 Å². The van der Waals surface area contributed by atoms with Crippen molar-refractivity contribution in [3.05, 3.63) is 95.6 Å². The summed E-state index contributed by atoms with van der Waals surface area (Å²) in [6, 6.07) is 25.9. The van der Waals surface area contributed by atoms with Gasteiger partial charge in [-0.15, -0.1) is 11.8 Å². The zero-order chi connectivity index (χ0) is 23.0. The molecule has 2 N–H and O–H groups in total. The monoisotopic (exact) mass is 451 g/mol. The van der Waals surface area contributed by atoms with E-state index in [2.05, 4.69) is 41.7 Å². The highest BCUT2D eigenvalue weighted by Crippen LogP contribution is 2.49. The summed E-state index contributed by atoms with van der Waals surface area (Å²) in [6.07, 6.45) is 0.497. The van der Waals surface area contributed by atoms with Crippen LogP contribution < -0.4 is 14.8 Å². The maximum Gasteiger partial charge on any atom is 0.320 e. The first-order valence-electron chi connectivity index (χ1n) is 10.4. The number of aliphatic carboxylic acids is 1. The molecule has 0 saturated heterocycles. The van der Waals surface area contributed by atoms with Gasteiger partial charge in [0.2, 0.25) is 0 Å². The van der Waals surface area contributed by atoms with E-state index in [4.69, 9.17) is 9.47 Å². The van der Waals surface area contributed by atoms with Crippen LogP contribution in [-0.4, -0.2) is 44.1 Å². The molecule has 0 aliphatic carbocycles. The fraction of sp³-hybridized carbons (Fsp3) is 0.269. The number of rotatable bonds is 11. The zero-order valence-corrected chi connectivity index (χ0v) is 19.4. The smallest absolute Gasteiger partial charge is 0.320 e. The number of hydrogen-bond donors (Lipinski definition) is 2. The van der Waals surface area contributed by atoms with Gasteiger partial charge in [-0.1, -0.05) is 54.6 Å². The molecule has 0 saturated carbocycles. The fourth-order valence-corrected chi connectivity index (χ4v) is 5.36. The van der Waals surface area contributed by atoms with Crippen LogP contribution in [0.2, 0.25) is 0 Å². The van der Waals surface area contributed by atoms with E-state index in [9.17, 15) is 9.90 Å². The fourth-order valence-electron chi connectivity index (χ4n) is 3.80. The SMILES string of the molecule is CN[C@H](CCSC(c1ccccc1)(c1ccc(OC)cc1)c1ccc(OC)cc1)C(=O)O. The van der Waals surface area contributed by atoms with Crippen molar-refractivity contribution in [3.63, 3.8) is 0 Å². The molecule has 1 atom stereocenters. The molecule has 0 spiro atoms. The number of carbonyl (C=O) groups is 1. The van der Waals surface area contributed by atoms with E-state index in [1.807, 2.05) is 42.5 Å². The van der Waals surface area contributed by atoms with Crippen LogP contribution in [0, 0.1) is 0 Å². The quantitative estimate of drug-likeness (QED) is 0.409. The molecule has 3 aromatic rings. The molecule has 0 heterocycles. The molecule has 3 aromatic carbocycles. The Balaban J connectivity index is 2.13. The van der Waals surface area contributed by atoms with Crippen molar-refractivity contribution in [2.75, 3.05) is 27.0 Å².